The Morgan fingerprint density at radius 1 is 1.03 bits per heavy atom. The first kappa shape index (κ1) is 31.7. The third-order valence-corrected chi connectivity index (χ3v) is 8.03. The Hall–Kier alpha value is -2.49. The Balaban J connectivity index is 2.19. The molecule has 0 spiro atoms. The number of rotatable bonds is 14. The fraction of sp³-hybridized carbons (Fsp3) is 0.481. The minimum atomic E-state index is -3.59. The molecule has 11 heteroatoms. The van der Waals surface area contributed by atoms with Crippen molar-refractivity contribution in [2.24, 2.45) is 0 Å². The molecule has 2 aromatic carbocycles. The van der Waals surface area contributed by atoms with Crippen molar-refractivity contribution in [1.82, 2.24) is 10.2 Å². The highest BCUT2D eigenvalue weighted by Gasteiger charge is 2.27. The molecule has 0 radical (unpaired) electrons. The predicted molar refractivity (Wildman–Crippen MR) is 153 cm³/mol. The molecule has 2 atom stereocenters. The Kier molecular flexibility index (Phi) is 12.2. The van der Waals surface area contributed by atoms with Gasteiger partial charge in [-0.05, 0) is 75.6 Å². The summed E-state index contributed by atoms with van der Waals surface area (Å²) in [6.07, 6.45) is 2.19. The maximum Gasteiger partial charge on any atom is 0.242 e. The van der Waals surface area contributed by atoms with E-state index in [-0.39, 0.29) is 43.8 Å². The van der Waals surface area contributed by atoms with Gasteiger partial charge in [0.1, 0.15) is 11.8 Å². The minimum absolute atomic E-state index is 0.0377. The molecule has 210 valence electrons. The molecule has 0 saturated heterocycles. The van der Waals surface area contributed by atoms with Crippen LogP contribution in [0.15, 0.2) is 42.5 Å². The van der Waals surface area contributed by atoms with Crippen LogP contribution >= 0.6 is 23.2 Å². The fourth-order valence-corrected chi connectivity index (χ4v) is 5.05. The molecule has 0 fully saturated rings. The monoisotopic (exact) mass is 585 g/mol. The highest BCUT2D eigenvalue weighted by Crippen LogP contribution is 2.25. The minimum Gasteiger partial charge on any atom is -0.494 e. The van der Waals surface area contributed by atoms with Gasteiger partial charge in [-0.25, -0.2) is 8.42 Å². The standard InChI is InChI=1S/C27H37Cl2N3O5S/c1-6-19(3)30-27(34)20(4)31(18-21-10-15-24(28)25(29)17-21)26(33)9-8-16-32(38(5,35)36)22-11-13-23(14-12-22)37-7-2/h10-15,17,19-20H,6-9,16,18H2,1-5H3,(H,30,34)/t19-,20+/m0/s1. The van der Waals surface area contributed by atoms with E-state index in [1.165, 1.54) is 9.21 Å². The van der Waals surface area contributed by atoms with Gasteiger partial charge in [0.25, 0.3) is 0 Å². The average molecular weight is 587 g/mol. The maximum atomic E-state index is 13.4. The van der Waals surface area contributed by atoms with Crippen molar-refractivity contribution in [2.75, 3.05) is 23.7 Å². The summed E-state index contributed by atoms with van der Waals surface area (Å²) in [5.41, 5.74) is 1.21. The van der Waals surface area contributed by atoms with Gasteiger partial charge in [0.2, 0.25) is 21.8 Å². The van der Waals surface area contributed by atoms with Gasteiger partial charge in [0.05, 0.1) is 28.6 Å². The molecule has 0 unspecified atom stereocenters. The van der Waals surface area contributed by atoms with Crippen LogP contribution in [0, 0.1) is 0 Å². The first-order valence-electron chi connectivity index (χ1n) is 12.6. The predicted octanol–water partition coefficient (Wildman–Crippen LogP) is 5.27. The van der Waals surface area contributed by atoms with Crippen molar-refractivity contribution in [3.63, 3.8) is 0 Å². The fourth-order valence-electron chi connectivity index (χ4n) is 3.76. The van der Waals surface area contributed by atoms with E-state index in [1.54, 1.807) is 49.4 Å². The lowest BCUT2D eigenvalue weighted by molar-refractivity contribution is -0.140. The zero-order valence-corrected chi connectivity index (χ0v) is 24.9. The van der Waals surface area contributed by atoms with Crippen molar-refractivity contribution in [1.29, 1.82) is 0 Å². The molecule has 2 amide bonds. The van der Waals surface area contributed by atoms with E-state index in [0.29, 0.717) is 28.1 Å². The zero-order chi connectivity index (χ0) is 28.5. The molecule has 0 aromatic heterocycles. The lowest BCUT2D eigenvalue weighted by Crippen LogP contribution is -2.49. The molecular formula is C27H37Cl2N3O5S. The van der Waals surface area contributed by atoms with Crippen LogP contribution in [0.25, 0.3) is 0 Å². The van der Waals surface area contributed by atoms with Crippen LogP contribution in [-0.2, 0) is 26.2 Å². The summed E-state index contributed by atoms with van der Waals surface area (Å²) in [6, 6.07) is 11.0. The molecule has 2 rings (SSSR count). The van der Waals surface area contributed by atoms with Crippen molar-refractivity contribution in [3.8, 4) is 5.75 Å². The number of amides is 2. The van der Waals surface area contributed by atoms with Crippen LogP contribution in [0.2, 0.25) is 10.0 Å². The number of nitrogens with zero attached hydrogens (tertiary/aromatic N) is 2. The van der Waals surface area contributed by atoms with Crippen LogP contribution in [-0.4, -0.2) is 56.6 Å². The van der Waals surface area contributed by atoms with Gasteiger partial charge >= 0.3 is 0 Å². The number of ether oxygens (including phenoxy) is 1. The Morgan fingerprint density at radius 3 is 2.24 bits per heavy atom. The maximum absolute atomic E-state index is 13.4. The van der Waals surface area contributed by atoms with E-state index < -0.39 is 16.1 Å². The van der Waals surface area contributed by atoms with Gasteiger partial charge in [0, 0.05) is 25.6 Å². The molecule has 0 aliphatic rings. The lowest BCUT2D eigenvalue weighted by Gasteiger charge is -2.30. The first-order chi connectivity index (χ1) is 17.9. The molecule has 0 aliphatic carbocycles. The van der Waals surface area contributed by atoms with E-state index in [0.717, 1.165) is 18.2 Å². The third kappa shape index (κ3) is 9.36. The normalized spacial score (nSPS) is 12.9. The second kappa shape index (κ2) is 14.6. The SMILES string of the molecule is CCOc1ccc(N(CCCC(=O)N(Cc2ccc(Cl)c(Cl)c2)[C@H](C)C(=O)N[C@@H](C)CC)S(C)(=O)=O)cc1. The molecule has 0 saturated carbocycles. The number of hydrogen-bond donors (Lipinski definition) is 1. The van der Waals surface area contributed by atoms with Gasteiger partial charge in [-0.3, -0.25) is 13.9 Å². The molecule has 8 nitrogen and oxygen atoms in total. The van der Waals surface area contributed by atoms with E-state index >= 15 is 0 Å². The van der Waals surface area contributed by atoms with Crippen molar-refractivity contribution < 1.29 is 22.7 Å². The molecule has 0 aliphatic heterocycles. The number of anilines is 1. The van der Waals surface area contributed by atoms with Gasteiger partial charge in [-0.2, -0.15) is 0 Å². The average Bonchev–Trinajstić information content (AvgIpc) is 2.86. The van der Waals surface area contributed by atoms with E-state index in [4.69, 9.17) is 27.9 Å². The summed E-state index contributed by atoms with van der Waals surface area (Å²) < 4.78 is 31.7. The Bertz CT molecular complexity index is 1190. The molecular weight excluding hydrogens is 549 g/mol. The number of sulfonamides is 1. The van der Waals surface area contributed by atoms with Gasteiger partial charge in [0.15, 0.2) is 0 Å². The topological polar surface area (TPSA) is 96.0 Å². The highest BCUT2D eigenvalue weighted by molar-refractivity contribution is 7.92. The number of carbonyl (C=O) groups is 2. The molecule has 2 aromatic rings. The smallest absolute Gasteiger partial charge is 0.242 e. The van der Waals surface area contributed by atoms with Gasteiger partial charge < -0.3 is 15.0 Å². The van der Waals surface area contributed by atoms with E-state index in [1.807, 2.05) is 20.8 Å². The Morgan fingerprint density at radius 2 is 1.68 bits per heavy atom. The zero-order valence-electron chi connectivity index (χ0n) is 22.5. The van der Waals surface area contributed by atoms with Crippen molar-refractivity contribution >= 4 is 50.7 Å². The van der Waals surface area contributed by atoms with Crippen LogP contribution in [0.1, 0.15) is 52.5 Å². The van der Waals surface area contributed by atoms with E-state index in [9.17, 15) is 18.0 Å². The largest absolute Gasteiger partial charge is 0.494 e. The number of halogens is 2. The highest BCUT2D eigenvalue weighted by atomic mass is 35.5. The van der Waals surface area contributed by atoms with Gasteiger partial charge in [-0.15, -0.1) is 0 Å². The van der Waals surface area contributed by atoms with Crippen LogP contribution in [0.5, 0.6) is 5.75 Å². The van der Waals surface area contributed by atoms with Crippen LogP contribution in [0.4, 0.5) is 5.69 Å². The summed E-state index contributed by atoms with van der Waals surface area (Å²) in [6.45, 7) is 8.17. The number of benzene rings is 2. The first-order valence-corrected chi connectivity index (χ1v) is 15.2. The van der Waals surface area contributed by atoms with E-state index in [2.05, 4.69) is 5.32 Å². The molecule has 0 heterocycles. The van der Waals surface area contributed by atoms with Crippen LogP contribution < -0.4 is 14.4 Å². The number of carbonyl (C=O) groups excluding carboxylic acids is 2. The quantitative estimate of drug-likeness (QED) is 0.326. The van der Waals surface area contributed by atoms with Gasteiger partial charge in [-0.1, -0.05) is 36.2 Å². The summed E-state index contributed by atoms with van der Waals surface area (Å²) in [5, 5.41) is 3.67. The van der Waals surface area contributed by atoms with Crippen molar-refractivity contribution in [2.45, 2.75) is 65.6 Å². The summed E-state index contributed by atoms with van der Waals surface area (Å²) in [4.78, 5) is 27.8. The summed E-state index contributed by atoms with van der Waals surface area (Å²) >= 11 is 12.2. The number of nitrogens with one attached hydrogen (secondary N) is 1. The third-order valence-electron chi connectivity index (χ3n) is 6.09. The van der Waals surface area contributed by atoms with Crippen LogP contribution in [0.3, 0.4) is 0 Å². The second-order valence-corrected chi connectivity index (χ2v) is 11.9. The molecule has 0 bridgehead atoms. The second-order valence-electron chi connectivity index (χ2n) is 9.13. The Labute approximate surface area is 236 Å². The molecule has 1 N–H and O–H groups in total. The summed E-state index contributed by atoms with van der Waals surface area (Å²) in [5.74, 6) is 0.102. The molecule has 38 heavy (non-hydrogen) atoms. The van der Waals surface area contributed by atoms with Crippen molar-refractivity contribution in [3.05, 3.63) is 58.1 Å². The summed E-state index contributed by atoms with van der Waals surface area (Å²) in [7, 11) is -3.59. The lowest BCUT2D eigenvalue weighted by atomic mass is 10.1. The number of hydrogen-bond acceptors (Lipinski definition) is 5.